The van der Waals surface area contributed by atoms with Gasteiger partial charge in [0.1, 0.15) is 6.04 Å². The van der Waals surface area contributed by atoms with Gasteiger partial charge in [-0.2, -0.15) is 0 Å². The molecule has 6 heteroatoms. The first kappa shape index (κ1) is 18.2. The van der Waals surface area contributed by atoms with E-state index in [0.717, 1.165) is 34.5 Å². The average Bonchev–Trinajstić information content (AvgIpc) is 3.27. The van der Waals surface area contributed by atoms with E-state index >= 15 is 0 Å². The summed E-state index contributed by atoms with van der Waals surface area (Å²) in [5.74, 6) is 2.61. The summed E-state index contributed by atoms with van der Waals surface area (Å²) in [6.07, 6.45) is 2.95. The summed E-state index contributed by atoms with van der Waals surface area (Å²) in [4.78, 5) is 12.2. The molecule has 2 aliphatic rings. The zero-order chi connectivity index (χ0) is 19.0. The smallest absolute Gasteiger partial charge is 0.161 e. The lowest BCUT2D eigenvalue weighted by molar-refractivity contribution is 0.253. The van der Waals surface area contributed by atoms with Crippen molar-refractivity contribution in [2.75, 3.05) is 20.0 Å². The van der Waals surface area contributed by atoms with Crippen LogP contribution in [0.5, 0.6) is 11.5 Å². The molecular formula is C21H25N3O2S. The summed E-state index contributed by atoms with van der Waals surface area (Å²) < 4.78 is 11.1. The molecule has 0 bridgehead atoms. The quantitative estimate of drug-likeness (QED) is 0.766. The van der Waals surface area contributed by atoms with Gasteiger partial charge in [-0.05, 0) is 48.7 Å². The third-order valence-corrected chi connectivity index (χ3v) is 6.55. The lowest BCUT2D eigenvalue weighted by atomic mass is 9.91. The lowest BCUT2D eigenvalue weighted by Gasteiger charge is -2.33. The summed E-state index contributed by atoms with van der Waals surface area (Å²) in [7, 11) is 3.36. The van der Waals surface area contributed by atoms with Crippen molar-refractivity contribution in [3.8, 4) is 11.5 Å². The largest absolute Gasteiger partial charge is 0.493 e. The number of aliphatic imine (C=N–C) groups is 1. The fraction of sp³-hybridized carbons (Fsp3) is 0.429. The van der Waals surface area contributed by atoms with E-state index in [1.54, 1.807) is 14.2 Å². The topological polar surface area (TPSA) is 47.0 Å². The van der Waals surface area contributed by atoms with Gasteiger partial charge in [0.2, 0.25) is 0 Å². The third-order valence-electron chi connectivity index (χ3n) is 5.42. The summed E-state index contributed by atoms with van der Waals surface area (Å²) >= 11 is 1.86. The van der Waals surface area contributed by atoms with Crippen molar-refractivity contribution in [3.05, 3.63) is 53.3 Å². The Balaban J connectivity index is 1.84. The number of amidine groups is 1. The normalized spacial score (nSPS) is 23.9. The molecule has 4 rings (SSSR count). The Bertz CT molecular complexity index is 856. The number of benzene rings is 1. The van der Waals surface area contributed by atoms with Gasteiger partial charge < -0.3 is 14.4 Å². The molecule has 142 valence electrons. The number of thioether (sulfide) groups is 1. The molecule has 0 radical (unpaired) electrons. The monoisotopic (exact) mass is 383 g/mol. The van der Waals surface area contributed by atoms with Crippen LogP contribution < -0.4 is 9.47 Å². The van der Waals surface area contributed by atoms with Crippen molar-refractivity contribution in [2.45, 2.75) is 38.4 Å². The van der Waals surface area contributed by atoms with Crippen molar-refractivity contribution in [1.82, 2.24) is 9.88 Å². The van der Waals surface area contributed by atoms with Gasteiger partial charge in [0, 0.05) is 18.0 Å². The van der Waals surface area contributed by atoms with Crippen molar-refractivity contribution in [1.29, 1.82) is 0 Å². The lowest BCUT2D eigenvalue weighted by Crippen LogP contribution is -2.35. The second kappa shape index (κ2) is 7.43. The van der Waals surface area contributed by atoms with E-state index in [1.165, 1.54) is 11.1 Å². The Hall–Kier alpha value is -2.21. The molecule has 3 heterocycles. The first-order valence-corrected chi connectivity index (χ1v) is 10.3. The molecule has 0 saturated carbocycles. The van der Waals surface area contributed by atoms with Crippen molar-refractivity contribution < 1.29 is 9.47 Å². The minimum Gasteiger partial charge on any atom is -0.493 e. The molecule has 1 fully saturated rings. The van der Waals surface area contributed by atoms with Crippen LogP contribution in [0.1, 0.15) is 42.2 Å². The van der Waals surface area contributed by atoms with Crippen LogP contribution in [0.15, 0.2) is 41.5 Å². The first-order valence-electron chi connectivity index (χ1n) is 9.30. The maximum absolute atomic E-state index is 5.60. The van der Waals surface area contributed by atoms with Gasteiger partial charge in [0.15, 0.2) is 16.7 Å². The number of hydrogen-bond donors (Lipinski definition) is 0. The van der Waals surface area contributed by atoms with Crippen LogP contribution >= 0.6 is 11.8 Å². The number of ether oxygens (including phenoxy) is 2. The van der Waals surface area contributed by atoms with Crippen molar-refractivity contribution >= 4 is 16.9 Å². The molecule has 1 aromatic heterocycles. The average molecular weight is 384 g/mol. The van der Waals surface area contributed by atoms with E-state index in [9.17, 15) is 0 Å². The standard InChI is InChI=1S/C21H25N3O2S/c1-5-14-12-27-21-23-19(16-8-6-7-9-22-16)20(24(14)21)15-11-18(26-4)17(25-3)10-13(15)2/h6-11,14,19-20H,5,12H2,1-4H3/t14-,19+,20+/m1/s1. The highest BCUT2D eigenvalue weighted by Gasteiger charge is 2.46. The summed E-state index contributed by atoms with van der Waals surface area (Å²) in [6.45, 7) is 4.38. The van der Waals surface area contributed by atoms with Crippen molar-refractivity contribution in [2.24, 2.45) is 4.99 Å². The first-order chi connectivity index (χ1) is 13.2. The van der Waals surface area contributed by atoms with Crippen LogP contribution in [0.25, 0.3) is 0 Å². The van der Waals surface area contributed by atoms with E-state index < -0.39 is 0 Å². The van der Waals surface area contributed by atoms with Gasteiger partial charge in [-0.15, -0.1) is 0 Å². The fourth-order valence-corrected chi connectivity index (χ4v) is 5.34. The Kier molecular flexibility index (Phi) is 5.00. The Morgan fingerprint density at radius 1 is 1.19 bits per heavy atom. The maximum Gasteiger partial charge on any atom is 0.161 e. The number of nitrogens with zero attached hydrogens (tertiary/aromatic N) is 3. The van der Waals surface area contributed by atoms with E-state index in [1.807, 2.05) is 30.1 Å². The summed E-state index contributed by atoms with van der Waals surface area (Å²) in [5.41, 5.74) is 3.42. The van der Waals surface area contributed by atoms with Gasteiger partial charge in [-0.3, -0.25) is 9.98 Å². The minimum absolute atomic E-state index is 0.0140. The predicted molar refractivity (Wildman–Crippen MR) is 110 cm³/mol. The number of fused-ring (bicyclic) bond motifs is 1. The molecular weight excluding hydrogens is 358 g/mol. The van der Waals surface area contributed by atoms with Gasteiger partial charge in [-0.25, -0.2) is 0 Å². The van der Waals surface area contributed by atoms with E-state index in [-0.39, 0.29) is 12.1 Å². The summed E-state index contributed by atoms with van der Waals surface area (Å²) in [6, 6.07) is 10.8. The fourth-order valence-electron chi connectivity index (χ4n) is 4.00. The Morgan fingerprint density at radius 2 is 1.96 bits per heavy atom. The molecule has 3 atom stereocenters. The van der Waals surface area contributed by atoms with Gasteiger partial charge >= 0.3 is 0 Å². The third kappa shape index (κ3) is 3.06. The highest BCUT2D eigenvalue weighted by molar-refractivity contribution is 8.14. The number of hydrogen-bond acceptors (Lipinski definition) is 6. The number of pyridine rings is 1. The molecule has 0 aliphatic carbocycles. The van der Waals surface area contributed by atoms with Gasteiger partial charge in [-0.1, -0.05) is 24.8 Å². The molecule has 0 spiro atoms. The van der Waals surface area contributed by atoms with Crippen LogP contribution in [-0.2, 0) is 0 Å². The highest BCUT2D eigenvalue weighted by Crippen LogP contribution is 2.50. The number of aryl methyl sites for hydroxylation is 1. The molecule has 1 saturated heterocycles. The van der Waals surface area contributed by atoms with Crippen LogP contribution in [-0.4, -0.2) is 41.1 Å². The number of rotatable bonds is 5. The predicted octanol–water partition coefficient (Wildman–Crippen LogP) is 4.39. The van der Waals surface area contributed by atoms with Crippen LogP contribution in [0.4, 0.5) is 0 Å². The van der Waals surface area contributed by atoms with Gasteiger partial charge in [0.05, 0.1) is 26.0 Å². The van der Waals surface area contributed by atoms with Crippen molar-refractivity contribution in [3.63, 3.8) is 0 Å². The molecule has 2 aliphatic heterocycles. The summed E-state index contributed by atoms with van der Waals surface area (Å²) in [5, 5.41) is 1.14. The van der Waals surface area contributed by atoms with E-state index in [4.69, 9.17) is 14.5 Å². The SMILES string of the molecule is CC[C@@H]1CSC2=N[C@@H](c3ccccn3)[C@H](c3cc(OC)c(OC)cc3C)N21. The van der Waals surface area contributed by atoms with E-state index in [0.29, 0.717) is 6.04 Å². The van der Waals surface area contributed by atoms with Crippen LogP contribution in [0.3, 0.4) is 0 Å². The van der Waals surface area contributed by atoms with Crippen LogP contribution in [0.2, 0.25) is 0 Å². The van der Waals surface area contributed by atoms with Crippen LogP contribution in [0, 0.1) is 6.92 Å². The molecule has 0 N–H and O–H groups in total. The molecule has 0 unspecified atom stereocenters. The highest BCUT2D eigenvalue weighted by atomic mass is 32.2. The molecule has 0 amide bonds. The number of methoxy groups -OCH3 is 2. The second-order valence-electron chi connectivity index (χ2n) is 6.90. The minimum atomic E-state index is -0.0140. The van der Waals surface area contributed by atoms with Gasteiger partial charge in [0.25, 0.3) is 0 Å². The zero-order valence-corrected chi connectivity index (χ0v) is 17.0. The van der Waals surface area contributed by atoms with E-state index in [2.05, 4.69) is 41.9 Å². The zero-order valence-electron chi connectivity index (χ0n) is 16.2. The molecule has 2 aromatic rings. The Labute approximate surface area is 164 Å². The molecule has 27 heavy (non-hydrogen) atoms. The molecule has 1 aromatic carbocycles. The second-order valence-corrected chi connectivity index (χ2v) is 7.89. The number of aromatic nitrogens is 1. The maximum atomic E-state index is 5.60. The Morgan fingerprint density at radius 3 is 2.63 bits per heavy atom. The molecule has 5 nitrogen and oxygen atoms in total.